The van der Waals surface area contributed by atoms with Crippen LogP contribution in [0.3, 0.4) is 0 Å². The predicted octanol–water partition coefficient (Wildman–Crippen LogP) is 4.26. The van der Waals surface area contributed by atoms with Gasteiger partial charge >= 0.3 is 0 Å². The molecule has 2 heterocycles. The van der Waals surface area contributed by atoms with Crippen LogP contribution in [-0.4, -0.2) is 33.1 Å². The summed E-state index contributed by atoms with van der Waals surface area (Å²) in [6.07, 6.45) is 1.85. The first-order chi connectivity index (χ1) is 14.1. The van der Waals surface area contributed by atoms with Gasteiger partial charge in [-0.1, -0.05) is 42.1 Å². The van der Waals surface area contributed by atoms with Crippen LogP contribution >= 0.6 is 11.8 Å². The van der Waals surface area contributed by atoms with Crippen LogP contribution in [-0.2, 0) is 11.3 Å². The molecule has 0 saturated heterocycles. The number of ether oxygens (including phenoxy) is 1. The van der Waals surface area contributed by atoms with Crippen LogP contribution in [0.25, 0.3) is 11.3 Å². The molecule has 3 aromatic rings. The summed E-state index contributed by atoms with van der Waals surface area (Å²) < 4.78 is 7.48. The second kappa shape index (κ2) is 8.13. The molecule has 29 heavy (non-hydrogen) atoms. The summed E-state index contributed by atoms with van der Waals surface area (Å²) >= 11 is 1.43. The number of benzene rings is 2. The van der Waals surface area contributed by atoms with Crippen molar-refractivity contribution >= 4 is 29.1 Å². The summed E-state index contributed by atoms with van der Waals surface area (Å²) in [6, 6.07) is 15.2. The van der Waals surface area contributed by atoms with Gasteiger partial charge in [-0.05, 0) is 37.6 Å². The highest BCUT2D eigenvalue weighted by atomic mass is 32.2. The second-order valence-corrected chi connectivity index (χ2v) is 8.02. The number of carbonyl (C=O) groups excluding carboxylic acids is 2. The zero-order chi connectivity index (χ0) is 20.4. The fourth-order valence-corrected chi connectivity index (χ4v) is 4.31. The lowest BCUT2D eigenvalue weighted by atomic mass is 10.1. The molecule has 1 aliphatic rings. The first-order valence-corrected chi connectivity index (χ1v) is 10.3. The second-order valence-electron chi connectivity index (χ2n) is 6.71. The lowest BCUT2D eigenvalue weighted by molar-refractivity contribution is -0.118. The number of thioether (sulfide) groups is 1. The van der Waals surface area contributed by atoms with E-state index < -0.39 is 0 Å². The molecule has 1 aromatic heterocycles. The van der Waals surface area contributed by atoms with Crippen molar-refractivity contribution in [3.05, 3.63) is 60.3 Å². The van der Waals surface area contributed by atoms with Crippen molar-refractivity contribution < 1.29 is 14.3 Å². The first-order valence-electron chi connectivity index (χ1n) is 9.45. The van der Waals surface area contributed by atoms with Gasteiger partial charge in [-0.3, -0.25) is 9.59 Å². The molecule has 0 spiro atoms. The Morgan fingerprint density at radius 2 is 2.07 bits per heavy atom. The van der Waals surface area contributed by atoms with E-state index >= 15 is 0 Å². The lowest BCUT2D eigenvalue weighted by Gasteiger charge is -2.19. The quantitative estimate of drug-likeness (QED) is 0.488. The number of anilines is 1. The Morgan fingerprint density at radius 1 is 1.28 bits per heavy atom. The molecular formula is C22H21N3O3S. The predicted molar refractivity (Wildman–Crippen MR) is 114 cm³/mol. The van der Waals surface area contributed by atoms with Gasteiger partial charge < -0.3 is 14.6 Å². The summed E-state index contributed by atoms with van der Waals surface area (Å²) in [5.74, 6) is 0.336. The van der Waals surface area contributed by atoms with Gasteiger partial charge in [-0.25, -0.2) is 4.98 Å². The number of fused-ring (bicyclic) bond motifs is 1. The van der Waals surface area contributed by atoms with E-state index in [-0.39, 0.29) is 23.5 Å². The monoisotopic (exact) mass is 407 g/mol. The maximum atomic E-state index is 13.0. The normalized spacial score (nSPS) is 13.9. The van der Waals surface area contributed by atoms with Crippen LogP contribution in [0, 0.1) is 0 Å². The van der Waals surface area contributed by atoms with Gasteiger partial charge in [-0.15, -0.1) is 0 Å². The zero-order valence-electron chi connectivity index (χ0n) is 16.2. The smallest absolute Gasteiger partial charge is 0.262 e. The molecule has 0 saturated carbocycles. The molecular weight excluding hydrogens is 386 g/mol. The molecule has 148 valence electrons. The van der Waals surface area contributed by atoms with Crippen molar-refractivity contribution in [1.29, 1.82) is 0 Å². The largest absolute Gasteiger partial charge is 0.482 e. The highest BCUT2D eigenvalue weighted by molar-refractivity contribution is 8.00. The summed E-state index contributed by atoms with van der Waals surface area (Å²) in [5.41, 5.74) is 3.19. The van der Waals surface area contributed by atoms with E-state index in [1.54, 1.807) is 18.2 Å². The summed E-state index contributed by atoms with van der Waals surface area (Å²) in [4.78, 5) is 29.1. The summed E-state index contributed by atoms with van der Waals surface area (Å²) in [6.45, 7) is 4.70. The number of aromatic nitrogens is 2. The molecule has 1 amide bonds. The first kappa shape index (κ1) is 19.3. The molecule has 2 aromatic carbocycles. The number of amides is 1. The minimum atomic E-state index is -0.329. The Hall–Kier alpha value is -3.06. The number of nitrogens with one attached hydrogen (secondary N) is 1. The molecule has 6 nitrogen and oxygen atoms in total. The van der Waals surface area contributed by atoms with Crippen molar-refractivity contribution in [2.24, 2.45) is 0 Å². The fourth-order valence-electron chi connectivity index (χ4n) is 3.28. The molecule has 1 aliphatic heterocycles. The Kier molecular flexibility index (Phi) is 5.40. The van der Waals surface area contributed by atoms with Gasteiger partial charge in [-0.2, -0.15) is 0 Å². The molecule has 0 bridgehead atoms. The van der Waals surface area contributed by atoms with E-state index in [4.69, 9.17) is 4.74 Å². The standard InChI is InChI=1S/C22H21N3O3S/c1-3-25-18(15-7-5-4-6-8-15)12-23-22(25)29-14(2)21(27)16-9-10-19-17(11-16)24-20(26)13-28-19/h4-12,14H,3,13H2,1-2H3,(H,24,26)/t14-/m1/s1. The van der Waals surface area contributed by atoms with E-state index in [0.29, 0.717) is 17.0 Å². The van der Waals surface area contributed by atoms with Crippen molar-refractivity contribution in [3.8, 4) is 17.0 Å². The van der Waals surface area contributed by atoms with E-state index in [1.165, 1.54) is 11.8 Å². The number of hydrogen-bond donors (Lipinski definition) is 1. The van der Waals surface area contributed by atoms with E-state index in [2.05, 4.69) is 33.9 Å². The molecule has 0 unspecified atom stereocenters. The molecule has 0 aliphatic carbocycles. The average molecular weight is 407 g/mol. The molecule has 1 atom stereocenters. The molecule has 1 N–H and O–H groups in total. The molecule has 4 rings (SSSR count). The third-order valence-corrected chi connectivity index (χ3v) is 5.86. The Bertz CT molecular complexity index is 1060. The highest BCUT2D eigenvalue weighted by Crippen LogP contribution is 2.32. The molecule has 0 radical (unpaired) electrons. The van der Waals surface area contributed by atoms with Gasteiger partial charge in [0.05, 0.1) is 22.8 Å². The minimum absolute atomic E-state index is 0.00400. The molecule has 7 heteroatoms. The third kappa shape index (κ3) is 3.91. The number of carbonyl (C=O) groups is 2. The minimum Gasteiger partial charge on any atom is -0.482 e. The number of rotatable bonds is 6. The van der Waals surface area contributed by atoms with Gasteiger partial charge in [0.2, 0.25) is 0 Å². The van der Waals surface area contributed by atoms with E-state index in [0.717, 1.165) is 23.0 Å². The van der Waals surface area contributed by atoms with Gasteiger partial charge in [0, 0.05) is 12.1 Å². The zero-order valence-corrected chi connectivity index (χ0v) is 17.0. The van der Waals surface area contributed by atoms with Crippen molar-refractivity contribution in [3.63, 3.8) is 0 Å². The van der Waals surface area contributed by atoms with Crippen molar-refractivity contribution in [2.45, 2.75) is 30.8 Å². The van der Waals surface area contributed by atoms with Gasteiger partial charge in [0.25, 0.3) is 5.91 Å². The number of hydrogen-bond acceptors (Lipinski definition) is 5. The van der Waals surface area contributed by atoms with Crippen LogP contribution < -0.4 is 10.1 Å². The van der Waals surface area contributed by atoms with E-state index in [1.807, 2.05) is 31.3 Å². The SMILES string of the molecule is CCn1c(-c2ccccc2)cnc1S[C@H](C)C(=O)c1ccc2c(c1)NC(=O)CO2. The Morgan fingerprint density at radius 3 is 2.83 bits per heavy atom. The van der Waals surface area contributed by atoms with Crippen molar-refractivity contribution in [1.82, 2.24) is 9.55 Å². The Balaban J connectivity index is 1.55. The van der Waals surface area contributed by atoms with E-state index in [9.17, 15) is 9.59 Å². The maximum Gasteiger partial charge on any atom is 0.262 e. The maximum absolute atomic E-state index is 13.0. The Labute approximate surface area is 173 Å². The number of imidazole rings is 1. The van der Waals surface area contributed by atoms with Gasteiger partial charge in [0.15, 0.2) is 17.5 Å². The molecule has 0 fully saturated rings. The average Bonchev–Trinajstić information content (AvgIpc) is 3.15. The summed E-state index contributed by atoms with van der Waals surface area (Å²) in [5, 5.41) is 3.22. The van der Waals surface area contributed by atoms with Crippen molar-refractivity contribution in [2.75, 3.05) is 11.9 Å². The number of ketones is 1. The van der Waals surface area contributed by atoms with Gasteiger partial charge in [0.1, 0.15) is 5.75 Å². The summed E-state index contributed by atoms with van der Waals surface area (Å²) in [7, 11) is 0. The lowest BCUT2D eigenvalue weighted by Crippen LogP contribution is -2.25. The fraction of sp³-hybridized carbons (Fsp3) is 0.227. The number of nitrogens with zero attached hydrogens (tertiary/aromatic N) is 2. The van der Waals surface area contributed by atoms with Crippen LogP contribution in [0.15, 0.2) is 59.9 Å². The topological polar surface area (TPSA) is 73.2 Å². The number of Topliss-reactive ketones (excluding diaryl/α,β-unsaturated/α-hetero) is 1. The van der Waals surface area contributed by atoms with Crippen LogP contribution in [0.2, 0.25) is 0 Å². The third-order valence-electron chi connectivity index (χ3n) is 4.75. The highest BCUT2D eigenvalue weighted by Gasteiger charge is 2.23. The van der Waals surface area contributed by atoms with Crippen LogP contribution in [0.5, 0.6) is 5.75 Å². The van der Waals surface area contributed by atoms with Crippen LogP contribution in [0.1, 0.15) is 24.2 Å². The van der Waals surface area contributed by atoms with Crippen LogP contribution in [0.4, 0.5) is 5.69 Å².